The second-order valence-electron chi connectivity index (χ2n) is 12.8. The fraction of sp³-hybridized carbons (Fsp3) is 0.767. The van der Waals surface area contributed by atoms with Crippen LogP contribution < -0.4 is 5.32 Å². The number of aliphatic hydroxyl groups excluding tert-OH is 2. The summed E-state index contributed by atoms with van der Waals surface area (Å²) in [6, 6.07) is 7.95. The number of fused-ring (bicyclic) bond motifs is 2. The van der Waals surface area contributed by atoms with Crippen LogP contribution in [0, 0.1) is 29.1 Å². The van der Waals surface area contributed by atoms with Gasteiger partial charge in [-0.25, -0.2) is 0 Å². The number of aryl methyl sites for hydroxylation is 1. The molecule has 1 unspecified atom stereocenters. The first-order valence-electron chi connectivity index (χ1n) is 14.3. The molecule has 3 aliphatic carbocycles. The van der Waals surface area contributed by atoms with Gasteiger partial charge in [-0.2, -0.15) is 5.06 Å². The van der Waals surface area contributed by atoms with Crippen molar-refractivity contribution in [3.05, 3.63) is 35.4 Å². The number of unbranched alkanes of at least 4 members (excludes halogenated alkanes) is 1. The molecule has 4 aliphatic rings. The molecular formula is C30H49N3O4. The Morgan fingerprint density at radius 2 is 1.97 bits per heavy atom. The first-order valence-corrected chi connectivity index (χ1v) is 14.3. The lowest BCUT2D eigenvalue weighted by atomic mass is 9.45. The standard InChI is InChI=1S/C30H49N3O4/c1-19-24-15-23(30(24,3)4)16-25(19)31-29(36)28-27(20(2)35)26(18-34)37-33(28)17-22-12-9-11-21(14-22)10-7-8-13-32(5)6/h9,11-12,14,19-20,23-28,34-35H,7-8,10,13,15-18H2,1-6H3,(H,31,36)/t19-,20-,23+,24-,25-,26-,27?,28-/m0/s1. The van der Waals surface area contributed by atoms with E-state index in [4.69, 9.17) is 4.84 Å². The predicted octanol–water partition coefficient (Wildman–Crippen LogP) is 3.23. The Hall–Kier alpha value is -1.51. The predicted molar refractivity (Wildman–Crippen MR) is 145 cm³/mol. The summed E-state index contributed by atoms with van der Waals surface area (Å²) in [6.07, 6.45) is 4.16. The molecule has 208 valence electrons. The summed E-state index contributed by atoms with van der Waals surface area (Å²) in [5.74, 6) is 1.10. The van der Waals surface area contributed by atoms with E-state index in [0.29, 0.717) is 29.7 Å². The molecule has 1 amide bonds. The molecule has 2 bridgehead atoms. The highest BCUT2D eigenvalue weighted by molar-refractivity contribution is 5.82. The minimum atomic E-state index is -0.781. The largest absolute Gasteiger partial charge is 0.394 e. The van der Waals surface area contributed by atoms with Crippen LogP contribution in [0.1, 0.15) is 64.5 Å². The SMILES string of the molecule is C[C@@H]1[C@@H](NC(=O)[C@@H]2C([C@H](C)O)[C@H](CO)ON2Cc2cccc(CCCCN(C)C)c2)C[C@H]2C[C@@H]1C2(C)C. The van der Waals surface area contributed by atoms with Crippen molar-refractivity contribution in [2.75, 3.05) is 27.2 Å². The number of nitrogens with zero attached hydrogens (tertiary/aromatic N) is 2. The van der Waals surface area contributed by atoms with Crippen molar-refractivity contribution in [1.29, 1.82) is 0 Å². The van der Waals surface area contributed by atoms with Crippen LogP contribution in [0.3, 0.4) is 0 Å². The number of rotatable bonds is 11. The van der Waals surface area contributed by atoms with Gasteiger partial charge < -0.3 is 20.4 Å². The second-order valence-corrected chi connectivity index (χ2v) is 12.8. The Balaban J connectivity index is 1.46. The fourth-order valence-corrected chi connectivity index (χ4v) is 7.30. The summed E-state index contributed by atoms with van der Waals surface area (Å²) in [4.78, 5) is 22.1. The molecule has 0 aromatic heterocycles. The number of carbonyl (C=O) groups excluding carboxylic acids is 1. The Morgan fingerprint density at radius 1 is 1.24 bits per heavy atom. The summed E-state index contributed by atoms with van der Waals surface area (Å²) >= 11 is 0. The molecule has 1 aliphatic heterocycles. The van der Waals surface area contributed by atoms with E-state index in [9.17, 15) is 15.0 Å². The molecule has 1 heterocycles. The minimum Gasteiger partial charge on any atom is -0.394 e. The van der Waals surface area contributed by atoms with E-state index < -0.39 is 24.2 Å². The van der Waals surface area contributed by atoms with Gasteiger partial charge in [0.05, 0.1) is 19.3 Å². The van der Waals surface area contributed by atoms with E-state index in [-0.39, 0.29) is 18.6 Å². The topological polar surface area (TPSA) is 85.3 Å². The zero-order chi connectivity index (χ0) is 26.9. The van der Waals surface area contributed by atoms with Gasteiger partial charge in [0.15, 0.2) is 0 Å². The van der Waals surface area contributed by atoms with E-state index in [2.05, 4.69) is 69.3 Å². The third-order valence-corrected chi connectivity index (χ3v) is 9.71. The maximum absolute atomic E-state index is 13.8. The number of hydroxylamine groups is 2. The number of carbonyl (C=O) groups is 1. The molecular weight excluding hydrogens is 466 g/mol. The van der Waals surface area contributed by atoms with Crippen LogP contribution in [0.15, 0.2) is 24.3 Å². The zero-order valence-electron chi connectivity index (χ0n) is 23.7. The lowest BCUT2D eigenvalue weighted by Gasteiger charge is -2.62. The molecule has 1 aromatic rings. The molecule has 8 atom stereocenters. The fourth-order valence-electron chi connectivity index (χ4n) is 7.30. The molecule has 7 nitrogen and oxygen atoms in total. The Labute approximate surface area is 223 Å². The van der Waals surface area contributed by atoms with Crippen molar-refractivity contribution < 1.29 is 19.8 Å². The molecule has 3 saturated carbocycles. The normalized spacial score (nSPS) is 33.8. The highest BCUT2D eigenvalue weighted by atomic mass is 16.7. The van der Waals surface area contributed by atoms with Gasteiger partial charge >= 0.3 is 0 Å². The minimum absolute atomic E-state index is 0.0994. The summed E-state index contributed by atoms with van der Waals surface area (Å²) < 4.78 is 0. The highest BCUT2D eigenvalue weighted by Gasteiger charge is 2.57. The molecule has 0 radical (unpaired) electrons. The molecule has 0 spiro atoms. The number of hydrogen-bond donors (Lipinski definition) is 3. The lowest BCUT2D eigenvalue weighted by molar-refractivity contribution is -0.183. The number of aliphatic hydroxyl groups is 2. The Bertz CT molecular complexity index is 920. The zero-order valence-corrected chi connectivity index (χ0v) is 23.7. The van der Waals surface area contributed by atoms with Crippen molar-refractivity contribution in [2.45, 2.75) is 90.6 Å². The van der Waals surface area contributed by atoms with Crippen LogP contribution in [-0.2, 0) is 22.6 Å². The number of benzene rings is 1. The summed E-state index contributed by atoms with van der Waals surface area (Å²) in [5.41, 5.74) is 2.70. The Kier molecular flexibility index (Phi) is 9.01. The van der Waals surface area contributed by atoms with Crippen molar-refractivity contribution in [1.82, 2.24) is 15.3 Å². The Morgan fingerprint density at radius 3 is 2.59 bits per heavy atom. The van der Waals surface area contributed by atoms with E-state index in [0.717, 1.165) is 37.8 Å². The van der Waals surface area contributed by atoms with Gasteiger partial charge in [0, 0.05) is 12.0 Å². The number of nitrogens with one attached hydrogen (secondary N) is 1. The summed E-state index contributed by atoms with van der Waals surface area (Å²) in [6.45, 7) is 9.96. The van der Waals surface area contributed by atoms with Gasteiger partial charge in [-0.3, -0.25) is 9.63 Å². The van der Waals surface area contributed by atoms with Gasteiger partial charge in [0.1, 0.15) is 12.1 Å². The van der Waals surface area contributed by atoms with Crippen LogP contribution in [0.4, 0.5) is 0 Å². The molecule has 1 aromatic carbocycles. The third-order valence-electron chi connectivity index (χ3n) is 9.71. The monoisotopic (exact) mass is 515 g/mol. The first kappa shape index (κ1) is 28.5. The molecule has 7 heteroatoms. The molecule has 3 N–H and O–H groups in total. The van der Waals surface area contributed by atoms with Gasteiger partial charge in [-0.1, -0.05) is 45.0 Å². The maximum Gasteiger partial charge on any atom is 0.240 e. The molecule has 37 heavy (non-hydrogen) atoms. The van der Waals surface area contributed by atoms with E-state index in [1.807, 2.05) is 0 Å². The van der Waals surface area contributed by atoms with Crippen LogP contribution in [-0.4, -0.2) is 77.6 Å². The van der Waals surface area contributed by atoms with Gasteiger partial charge in [-0.15, -0.1) is 0 Å². The highest BCUT2D eigenvalue weighted by Crippen LogP contribution is 2.61. The van der Waals surface area contributed by atoms with Crippen molar-refractivity contribution in [3.8, 4) is 0 Å². The van der Waals surface area contributed by atoms with Crippen molar-refractivity contribution in [3.63, 3.8) is 0 Å². The number of hydrogen-bond acceptors (Lipinski definition) is 6. The van der Waals surface area contributed by atoms with E-state index in [1.165, 1.54) is 12.0 Å². The lowest BCUT2D eigenvalue weighted by Crippen LogP contribution is -2.62. The van der Waals surface area contributed by atoms with E-state index in [1.54, 1.807) is 12.0 Å². The quantitative estimate of drug-likeness (QED) is 0.393. The molecule has 5 rings (SSSR count). The molecule has 1 saturated heterocycles. The smallest absolute Gasteiger partial charge is 0.240 e. The van der Waals surface area contributed by atoms with Gasteiger partial charge in [0.2, 0.25) is 5.91 Å². The van der Waals surface area contributed by atoms with Gasteiger partial charge in [-0.05, 0) is 94.0 Å². The number of amides is 1. The van der Waals surface area contributed by atoms with Gasteiger partial charge in [0.25, 0.3) is 0 Å². The average Bonchev–Trinajstić information content (AvgIpc) is 3.21. The average molecular weight is 516 g/mol. The third kappa shape index (κ3) is 6.06. The van der Waals surface area contributed by atoms with Crippen molar-refractivity contribution in [2.24, 2.45) is 29.1 Å². The molecule has 4 fully saturated rings. The summed E-state index contributed by atoms with van der Waals surface area (Å²) in [5, 5.41) is 25.7. The first-order chi connectivity index (χ1) is 17.5. The maximum atomic E-state index is 13.8. The van der Waals surface area contributed by atoms with Crippen LogP contribution in [0.5, 0.6) is 0 Å². The summed E-state index contributed by atoms with van der Waals surface area (Å²) in [7, 11) is 4.20. The van der Waals surface area contributed by atoms with Crippen LogP contribution in [0.25, 0.3) is 0 Å². The van der Waals surface area contributed by atoms with E-state index >= 15 is 0 Å². The van der Waals surface area contributed by atoms with Crippen LogP contribution >= 0.6 is 0 Å². The second kappa shape index (κ2) is 11.7. The van der Waals surface area contributed by atoms with Crippen molar-refractivity contribution >= 4 is 5.91 Å². The van der Waals surface area contributed by atoms with Crippen LogP contribution in [0.2, 0.25) is 0 Å².